The smallest absolute Gasteiger partial charge is 0.251 e. The van der Waals surface area contributed by atoms with Crippen molar-refractivity contribution in [1.29, 1.82) is 0 Å². The van der Waals surface area contributed by atoms with Crippen LogP contribution in [0.2, 0.25) is 0 Å². The minimum atomic E-state index is -0.0644. The van der Waals surface area contributed by atoms with E-state index < -0.39 is 0 Å². The van der Waals surface area contributed by atoms with Gasteiger partial charge in [0.05, 0.1) is 24.8 Å². The molecule has 0 atom stereocenters. The summed E-state index contributed by atoms with van der Waals surface area (Å²) in [5, 5.41) is 3.00. The topological polar surface area (TPSA) is 65.4 Å². The van der Waals surface area contributed by atoms with E-state index in [1.54, 1.807) is 7.11 Å². The Bertz CT molecular complexity index is 1240. The molecule has 1 heterocycles. The molecule has 1 aromatic heterocycles. The highest BCUT2D eigenvalue weighted by Crippen LogP contribution is 2.19. The molecule has 0 saturated carbocycles. The van der Waals surface area contributed by atoms with Gasteiger partial charge in [-0.2, -0.15) is 0 Å². The van der Waals surface area contributed by atoms with Crippen LogP contribution in [0.5, 0.6) is 11.5 Å². The molecule has 1 N–H and O–H groups in total. The van der Waals surface area contributed by atoms with E-state index in [1.807, 2.05) is 66.7 Å². The van der Waals surface area contributed by atoms with Crippen molar-refractivity contribution in [1.82, 2.24) is 14.9 Å². The Morgan fingerprint density at radius 2 is 1.79 bits per heavy atom. The van der Waals surface area contributed by atoms with Crippen molar-refractivity contribution in [2.75, 3.05) is 20.3 Å². The summed E-state index contributed by atoms with van der Waals surface area (Å²) in [5.74, 6) is 2.61. The molecule has 4 aromatic rings. The van der Waals surface area contributed by atoms with E-state index >= 15 is 0 Å². The van der Waals surface area contributed by atoms with Gasteiger partial charge < -0.3 is 19.4 Å². The summed E-state index contributed by atoms with van der Waals surface area (Å²) in [6, 6.07) is 23.2. The van der Waals surface area contributed by atoms with Crippen LogP contribution in [0.4, 0.5) is 0 Å². The van der Waals surface area contributed by atoms with E-state index in [0.717, 1.165) is 58.6 Å². The molecule has 7 heteroatoms. The number of halogens is 1. The lowest BCUT2D eigenvalue weighted by molar-refractivity contribution is 0.0953. The van der Waals surface area contributed by atoms with Gasteiger partial charge in [0.25, 0.3) is 5.91 Å². The average molecular weight is 522 g/mol. The van der Waals surface area contributed by atoms with E-state index in [1.165, 1.54) is 0 Å². The largest absolute Gasteiger partial charge is 0.497 e. The van der Waals surface area contributed by atoms with Crippen molar-refractivity contribution in [3.63, 3.8) is 0 Å². The molecule has 0 aliphatic carbocycles. The summed E-state index contributed by atoms with van der Waals surface area (Å²) >= 11 is 3.41. The summed E-state index contributed by atoms with van der Waals surface area (Å²) in [7, 11) is 1.65. The normalized spacial score (nSPS) is 10.9. The zero-order valence-electron chi connectivity index (χ0n) is 19.2. The Balaban J connectivity index is 1.31. The van der Waals surface area contributed by atoms with Gasteiger partial charge >= 0.3 is 0 Å². The lowest BCUT2D eigenvalue weighted by Gasteiger charge is -2.11. The fourth-order valence-electron chi connectivity index (χ4n) is 3.83. The van der Waals surface area contributed by atoms with Crippen molar-refractivity contribution in [2.24, 2.45) is 0 Å². The van der Waals surface area contributed by atoms with Gasteiger partial charge in [0.2, 0.25) is 0 Å². The predicted octanol–water partition coefficient (Wildman–Crippen LogP) is 5.64. The summed E-state index contributed by atoms with van der Waals surface area (Å²) in [4.78, 5) is 17.2. The molecule has 0 unspecified atom stereocenters. The quantitative estimate of drug-likeness (QED) is 0.259. The van der Waals surface area contributed by atoms with Crippen LogP contribution in [0.1, 0.15) is 29.0 Å². The van der Waals surface area contributed by atoms with Gasteiger partial charge in [0.15, 0.2) is 0 Å². The third-order valence-corrected chi connectivity index (χ3v) is 6.03. The zero-order chi connectivity index (χ0) is 23.8. The molecule has 0 aliphatic rings. The molecule has 34 heavy (non-hydrogen) atoms. The summed E-state index contributed by atoms with van der Waals surface area (Å²) < 4.78 is 14.2. The van der Waals surface area contributed by atoms with Crippen molar-refractivity contribution in [3.05, 3.63) is 88.7 Å². The van der Waals surface area contributed by atoms with Crippen LogP contribution in [-0.2, 0) is 13.0 Å². The molecular formula is C27H28BrN3O3. The van der Waals surface area contributed by atoms with E-state index in [0.29, 0.717) is 18.7 Å². The Labute approximate surface area is 208 Å². The van der Waals surface area contributed by atoms with E-state index in [9.17, 15) is 4.79 Å². The number of benzene rings is 3. The first-order chi connectivity index (χ1) is 16.6. The molecule has 1 amide bonds. The molecule has 0 radical (unpaired) electrons. The summed E-state index contributed by atoms with van der Waals surface area (Å²) in [5.41, 5.74) is 2.77. The SMILES string of the molecule is COc1ccc(OCCCn2c(CCCNC(=O)c3cccc(Br)c3)nc3ccccc32)cc1. The molecule has 176 valence electrons. The first kappa shape index (κ1) is 23.8. The van der Waals surface area contributed by atoms with E-state index in [-0.39, 0.29) is 5.91 Å². The number of hydrogen-bond donors (Lipinski definition) is 1. The number of methoxy groups -OCH3 is 1. The lowest BCUT2D eigenvalue weighted by atomic mass is 10.2. The van der Waals surface area contributed by atoms with Crippen LogP contribution in [0.3, 0.4) is 0 Å². The fourth-order valence-corrected chi connectivity index (χ4v) is 4.23. The third kappa shape index (κ3) is 6.17. The molecular weight excluding hydrogens is 494 g/mol. The van der Waals surface area contributed by atoms with Crippen molar-refractivity contribution in [3.8, 4) is 11.5 Å². The number of carbonyl (C=O) groups is 1. The highest BCUT2D eigenvalue weighted by Gasteiger charge is 2.11. The number of aryl methyl sites for hydroxylation is 2. The Morgan fingerprint density at radius 1 is 1.00 bits per heavy atom. The summed E-state index contributed by atoms with van der Waals surface area (Å²) in [6.45, 7) is 2.02. The minimum absolute atomic E-state index is 0.0644. The lowest BCUT2D eigenvalue weighted by Crippen LogP contribution is -2.25. The first-order valence-corrected chi connectivity index (χ1v) is 12.2. The zero-order valence-corrected chi connectivity index (χ0v) is 20.8. The van der Waals surface area contributed by atoms with Gasteiger partial charge in [0.1, 0.15) is 17.3 Å². The van der Waals surface area contributed by atoms with Crippen molar-refractivity contribution in [2.45, 2.75) is 25.8 Å². The molecule has 0 spiro atoms. The van der Waals surface area contributed by atoms with Crippen molar-refractivity contribution < 1.29 is 14.3 Å². The maximum absolute atomic E-state index is 12.4. The highest BCUT2D eigenvalue weighted by atomic mass is 79.9. The molecule has 6 nitrogen and oxygen atoms in total. The maximum atomic E-state index is 12.4. The van der Waals surface area contributed by atoms with Gasteiger partial charge in [-0.3, -0.25) is 4.79 Å². The Morgan fingerprint density at radius 3 is 2.59 bits per heavy atom. The van der Waals surface area contributed by atoms with E-state index in [4.69, 9.17) is 14.5 Å². The molecule has 0 saturated heterocycles. The van der Waals surface area contributed by atoms with E-state index in [2.05, 4.69) is 31.9 Å². The third-order valence-electron chi connectivity index (χ3n) is 5.54. The second-order valence-corrected chi connectivity index (χ2v) is 8.83. The minimum Gasteiger partial charge on any atom is -0.497 e. The molecule has 0 bridgehead atoms. The van der Waals surface area contributed by atoms with Crippen LogP contribution < -0.4 is 14.8 Å². The molecule has 0 aliphatic heterocycles. The fraction of sp³-hybridized carbons (Fsp3) is 0.259. The first-order valence-electron chi connectivity index (χ1n) is 11.4. The van der Waals surface area contributed by atoms with Gasteiger partial charge in [-0.15, -0.1) is 0 Å². The summed E-state index contributed by atoms with van der Waals surface area (Å²) in [6.07, 6.45) is 2.46. The van der Waals surface area contributed by atoms with Crippen LogP contribution in [-0.4, -0.2) is 35.7 Å². The number of fused-ring (bicyclic) bond motifs is 1. The number of para-hydroxylation sites is 2. The number of rotatable bonds is 11. The van der Waals surface area contributed by atoms with Gasteiger partial charge in [-0.1, -0.05) is 34.1 Å². The number of amides is 1. The number of hydrogen-bond acceptors (Lipinski definition) is 4. The number of nitrogens with zero attached hydrogens (tertiary/aromatic N) is 2. The molecule has 0 fully saturated rings. The van der Waals surface area contributed by atoms with Crippen LogP contribution >= 0.6 is 15.9 Å². The Hall–Kier alpha value is -3.32. The second kappa shape index (κ2) is 11.7. The maximum Gasteiger partial charge on any atom is 0.251 e. The van der Waals surface area contributed by atoms with Crippen molar-refractivity contribution >= 4 is 32.9 Å². The van der Waals surface area contributed by atoms with Crippen LogP contribution in [0, 0.1) is 0 Å². The number of aromatic nitrogens is 2. The highest BCUT2D eigenvalue weighted by molar-refractivity contribution is 9.10. The van der Waals surface area contributed by atoms with Gasteiger partial charge in [-0.25, -0.2) is 4.98 Å². The second-order valence-electron chi connectivity index (χ2n) is 7.92. The monoisotopic (exact) mass is 521 g/mol. The van der Waals surface area contributed by atoms with Gasteiger partial charge in [-0.05, 0) is 67.4 Å². The Kier molecular flexibility index (Phi) is 8.20. The molecule has 4 rings (SSSR count). The van der Waals surface area contributed by atoms with Crippen LogP contribution in [0.25, 0.3) is 11.0 Å². The van der Waals surface area contributed by atoms with Gasteiger partial charge in [0, 0.05) is 29.5 Å². The number of carbonyl (C=O) groups excluding carboxylic acids is 1. The predicted molar refractivity (Wildman–Crippen MR) is 138 cm³/mol. The standard InChI is InChI=1S/C27H28BrN3O3/c1-33-22-12-14-23(15-13-22)34-18-6-17-31-25-10-3-2-9-24(25)30-26(31)11-5-16-29-27(32)20-7-4-8-21(28)19-20/h2-4,7-10,12-15,19H,5-6,11,16-18H2,1H3,(H,29,32). The number of nitrogens with one attached hydrogen (secondary N) is 1. The van der Waals surface area contributed by atoms with Crippen LogP contribution in [0.15, 0.2) is 77.3 Å². The number of ether oxygens (including phenoxy) is 2. The number of imidazole rings is 1. The molecule has 3 aromatic carbocycles. The average Bonchev–Trinajstić information content (AvgIpc) is 3.22.